The normalized spacial score (nSPS) is 13.6. The van der Waals surface area contributed by atoms with Gasteiger partial charge in [-0.05, 0) is 56.4 Å². The highest BCUT2D eigenvalue weighted by Gasteiger charge is 2.13. The molecule has 0 spiro atoms. The summed E-state index contributed by atoms with van der Waals surface area (Å²) in [5, 5.41) is 5.34. The summed E-state index contributed by atoms with van der Waals surface area (Å²) in [6, 6.07) is 8.84. The molecule has 5 nitrogen and oxygen atoms in total. The minimum atomic E-state index is -0.567. The molecular formula is C21H22FN3O2. The quantitative estimate of drug-likeness (QED) is 0.756. The van der Waals surface area contributed by atoms with Crippen LogP contribution in [0, 0.1) is 5.82 Å². The van der Waals surface area contributed by atoms with Crippen LogP contribution in [0.4, 0.5) is 10.1 Å². The van der Waals surface area contributed by atoms with Crippen molar-refractivity contribution in [3.63, 3.8) is 0 Å². The average Bonchev–Trinajstić information content (AvgIpc) is 2.70. The van der Waals surface area contributed by atoms with E-state index in [4.69, 9.17) is 0 Å². The summed E-state index contributed by atoms with van der Waals surface area (Å²) in [5.74, 6) is -1.35. The summed E-state index contributed by atoms with van der Waals surface area (Å²) < 4.78 is 13.7. The van der Waals surface area contributed by atoms with Gasteiger partial charge in [0, 0.05) is 18.3 Å². The first-order valence-corrected chi connectivity index (χ1v) is 9.11. The molecule has 0 aliphatic heterocycles. The van der Waals surface area contributed by atoms with Gasteiger partial charge in [0.15, 0.2) is 0 Å². The van der Waals surface area contributed by atoms with E-state index in [9.17, 15) is 14.0 Å². The van der Waals surface area contributed by atoms with Gasteiger partial charge in [0.1, 0.15) is 11.5 Å². The van der Waals surface area contributed by atoms with Crippen LogP contribution >= 0.6 is 0 Å². The zero-order valence-electron chi connectivity index (χ0n) is 15.0. The largest absolute Gasteiger partial charge is 0.352 e. The monoisotopic (exact) mass is 367 g/mol. The molecule has 3 rings (SSSR count). The summed E-state index contributed by atoms with van der Waals surface area (Å²) in [4.78, 5) is 28.6. The van der Waals surface area contributed by atoms with Crippen LogP contribution in [0.15, 0.2) is 54.2 Å². The lowest BCUT2D eigenvalue weighted by atomic mass is 9.97. The molecule has 140 valence electrons. The van der Waals surface area contributed by atoms with E-state index >= 15 is 0 Å². The zero-order valence-corrected chi connectivity index (χ0v) is 15.0. The van der Waals surface area contributed by atoms with Gasteiger partial charge < -0.3 is 10.6 Å². The number of hydrogen-bond donors (Lipinski definition) is 2. The molecule has 0 saturated heterocycles. The maximum Gasteiger partial charge on any atom is 0.274 e. The third-order valence-electron chi connectivity index (χ3n) is 4.49. The molecule has 1 aromatic heterocycles. The molecule has 2 amide bonds. The van der Waals surface area contributed by atoms with Gasteiger partial charge >= 0.3 is 0 Å². The molecule has 0 unspecified atom stereocenters. The number of para-hydroxylation sites is 1. The minimum absolute atomic E-state index is 0.0564. The Balaban J connectivity index is 1.59. The smallest absolute Gasteiger partial charge is 0.274 e. The topological polar surface area (TPSA) is 71.1 Å². The van der Waals surface area contributed by atoms with Gasteiger partial charge in [-0.25, -0.2) is 4.39 Å². The van der Waals surface area contributed by atoms with Crippen LogP contribution in [0.5, 0.6) is 0 Å². The van der Waals surface area contributed by atoms with Crippen LogP contribution in [0.3, 0.4) is 0 Å². The number of anilines is 1. The van der Waals surface area contributed by atoms with Crippen LogP contribution in [-0.2, 0) is 0 Å². The van der Waals surface area contributed by atoms with E-state index in [-0.39, 0.29) is 17.3 Å². The highest BCUT2D eigenvalue weighted by atomic mass is 19.1. The van der Waals surface area contributed by atoms with Crippen molar-refractivity contribution in [2.75, 3.05) is 11.9 Å². The van der Waals surface area contributed by atoms with E-state index in [1.807, 2.05) is 0 Å². The van der Waals surface area contributed by atoms with Crippen molar-refractivity contribution >= 4 is 17.5 Å². The lowest BCUT2D eigenvalue weighted by Gasteiger charge is -2.13. The van der Waals surface area contributed by atoms with Crippen molar-refractivity contribution in [1.82, 2.24) is 10.3 Å². The average molecular weight is 367 g/mol. The molecule has 0 radical (unpaired) electrons. The van der Waals surface area contributed by atoms with E-state index in [1.54, 1.807) is 12.1 Å². The SMILES string of the molecule is O=C(NCCC1=CCCCC1)c1ccnc(C(=O)Nc2ccccc2F)c1. The third kappa shape index (κ3) is 5.23. The van der Waals surface area contributed by atoms with Gasteiger partial charge in [0.25, 0.3) is 11.8 Å². The van der Waals surface area contributed by atoms with Crippen LogP contribution in [0.1, 0.15) is 53.0 Å². The lowest BCUT2D eigenvalue weighted by molar-refractivity contribution is 0.0954. The Hall–Kier alpha value is -3.02. The number of hydrogen-bond acceptors (Lipinski definition) is 3. The second-order valence-corrected chi connectivity index (χ2v) is 6.48. The number of pyridine rings is 1. The molecule has 1 aromatic carbocycles. The van der Waals surface area contributed by atoms with Gasteiger partial charge in [-0.3, -0.25) is 14.6 Å². The number of carbonyl (C=O) groups excluding carboxylic acids is 2. The van der Waals surface area contributed by atoms with Crippen molar-refractivity contribution < 1.29 is 14.0 Å². The Kier molecular flexibility index (Phi) is 6.30. The van der Waals surface area contributed by atoms with Crippen LogP contribution in [-0.4, -0.2) is 23.3 Å². The Bertz CT molecular complexity index is 864. The van der Waals surface area contributed by atoms with Gasteiger partial charge in [0.05, 0.1) is 5.69 Å². The van der Waals surface area contributed by atoms with Crippen LogP contribution < -0.4 is 10.6 Å². The van der Waals surface area contributed by atoms with Crippen molar-refractivity contribution in [3.8, 4) is 0 Å². The number of nitrogens with one attached hydrogen (secondary N) is 2. The lowest BCUT2D eigenvalue weighted by Crippen LogP contribution is -2.25. The maximum atomic E-state index is 13.7. The molecule has 0 atom stereocenters. The number of rotatable bonds is 6. The molecule has 1 aliphatic rings. The summed E-state index contributed by atoms with van der Waals surface area (Å²) in [5.41, 5.74) is 1.86. The van der Waals surface area contributed by atoms with Crippen molar-refractivity contribution in [2.45, 2.75) is 32.1 Å². The fourth-order valence-corrected chi connectivity index (χ4v) is 3.02. The predicted molar refractivity (Wildman–Crippen MR) is 102 cm³/mol. The number of benzene rings is 1. The van der Waals surface area contributed by atoms with E-state index in [2.05, 4.69) is 21.7 Å². The third-order valence-corrected chi connectivity index (χ3v) is 4.49. The van der Waals surface area contributed by atoms with Crippen molar-refractivity contribution in [2.24, 2.45) is 0 Å². The molecule has 0 fully saturated rings. The Morgan fingerprint density at radius 1 is 1.11 bits per heavy atom. The van der Waals surface area contributed by atoms with Crippen molar-refractivity contribution in [3.05, 3.63) is 71.3 Å². The highest BCUT2D eigenvalue weighted by Crippen LogP contribution is 2.19. The minimum Gasteiger partial charge on any atom is -0.352 e. The first-order chi connectivity index (χ1) is 13.1. The first-order valence-electron chi connectivity index (χ1n) is 9.11. The molecule has 1 heterocycles. The van der Waals surface area contributed by atoms with Crippen LogP contribution in [0.25, 0.3) is 0 Å². The second kappa shape index (κ2) is 9.07. The van der Waals surface area contributed by atoms with Gasteiger partial charge in [-0.1, -0.05) is 23.8 Å². The summed E-state index contributed by atoms with van der Waals surface area (Å²) in [6.45, 7) is 0.559. The number of halogens is 1. The molecule has 1 aliphatic carbocycles. The summed E-state index contributed by atoms with van der Waals surface area (Å²) in [6.07, 6.45) is 9.17. The summed E-state index contributed by atoms with van der Waals surface area (Å²) >= 11 is 0. The zero-order chi connectivity index (χ0) is 19.1. The highest BCUT2D eigenvalue weighted by molar-refractivity contribution is 6.04. The molecule has 0 saturated carbocycles. The predicted octanol–water partition coefficient (Wildman–Crippen LogP) is 4.09. The number of allylic oxidation sites excluding steroid dienone is 1. The number of carbonyl (C=O) groups is 2. The Morgan fingerprint density at radius 3 is 2.74 bits per heavy atom. The van der Waals surface area contributed by atoms with Crippen LogP contribution in [0.2, 0.25) is 0 Å². The van der Waals surface area contributed by atoms with Gasteiger partial charge in [0.2, 0.25) is 0 Å². The second-order valence-electron chi connectivity index (χ2n) is 6.48. The van der Waals surface area contributed by atoms with Crippen molar-refractivity contribution in [1.29, 1.82) is 0 Å². The van der Waals surface area contributed by atoms with E-state index in [0.29, 0.717) is 12.1 Å². The summed E-state index contributed by atoms with van der Waals surface area (Å²) in [7, 11) is 0. The molecule has 6 heteroatoms. The molecular weight excluding hydrogens is 345 g/mol. The number of amides is 2. The standard InChI is InChI=1S/C21H22FN3O2/c22-17-8-4-5-9-18(17)25-21(27)19-14-16(11-13-23-19)20(26)24-12-10-15-6-2-1-3-7-15/h4-6,8-9,11,13-14H,1-3,7,10,12H2,(H,24,26)(H,25,27). The molecule has 2 aromatic rings. The first kappa shape index (κ1) is 18.8. The van der Waals surface area contributed by atoms with E-state index in [1.165, 1.54) is 48.9 Å². The van der Waals surface area contributed by atoms with E-state index in [0.717, 1.165) is 19.3 Å². The Labute approximate surface area is 157 Å². The fourth-order valence-electron chi connectivity index (χ4n) is 3.02. The van der Waals surface area contributed by atoms with E-state index < -0.39 is 11.7 Å². The fraction of sp³-hybridized carbons (Fsp3) is 0.286. The maximum absolute atomic E-state index is 13.7. The molecule has 2 N–H and O–H groups in total. The number of nitrogens with zero attached hydrogens (tertiary/aromatic N) is 1. The Morgan fingerprint density at radius 2 is 1.96 bits per heavy atom. The van der Waals surface area contributed by atoms with Gasteiger partial charge in [-0.2, -0.15) is 0 Å². The molecule has 27 heavy (non-hydrogen) atoms. The van der Waals surface area contributed by atoms with Gasteiger partial charge in [-0.15, -0.1) is 0 Å². The molecule has 0 bridgehead atoms. The number of aromatic nitrogens is 1.